The number of fused-ring (bicyclic) bond motifs is 1. The zero-order valence-electron chi connectivity index (χ0n) is 11.3. The van der Waals surface area contributed by atoms with E-state index in [0.717, 1.165) is 18.5 Å². The third-order valence-corrected chi connectivity index (χ3v) is 3.99. The number of rotatable bonds is 2. The van der Waals surface area contributed by atoms with Gasteiger partial charge in [0.05, 0.1) is 17.4 Å². The highest BCUT2D eigenvalue weighted by atomic mass is 15.2. The molecule has 1 saturated heterocycles. The Morgan fingerprint density at radius 3 is 3.00 bits per heavy atom. The average molecular weight is 256 g/mol. The van der Waals surface area contributed by atoms with E-state index in [4.69, 9.17) is 5.73 Å². The Kier molecular flexibility index (Phi) is 3.34. The van der Waals surface area contributed by atoms with E-state index in [1.165, 1.54) is 23.9 Å². The molecule has 2 N–H and O–H groups in total. The number of aromatic nitrogens is 2. The first-order valence-electron chi connectivity index (χ1n) is 7.00. The van der Waals surface area contributed by atoms with Crippen molar-refractivity contribution in [2.75, 3.05) is 11.4 Å². The van der Waals surface area contributed by atoms with Gasteiger partial charge in [-0.15, -0.1) is 0 Å². The molecule has 19 heavy (non-hydrogen) atoms. The van der Waals surface area contributed by atoms with Crippen molar-refractivity contribution in [1.82, 2.24) is 10.2 Å². The molecule has 2 atom stereocenters. The largest absolute Gasteiger partial charge is 0.365 e. The predicted molar refractivity (Wildman–Crippen MR) is 78.2 cm³/mol. The summed E-state index contributed by atoms with van der Waals surface area (Å²) in [6, 6.07) is 8.76. The Morgan fingerprint density at radius 2 is 2.16 bits per heavy atom. The smallest absolute Gasteiger partial charge is 0.0950 e. The third kappa shape index (κ3) is 2.28. The zero-order valence-corrected chi connectivity index (χ0v) is 11.3. The van der Waals surface area contributed by atoms with E-state index in [0.29, 0.717) is 6.04 Å². The van der Waals surface area contributed by atoms with E-state index in [1.807, 2.05) is 18.3 Å². The summed E-state index contributed by atoms with van der Waals surface area (Å²) in [5, 5.41) is 9.52. The first-order chi connectivity index (χ1) is 9.27. The minimum Gasteiger partial charge on any atom is -0.365 e. The molecule has 0 radical (unpaired) electrons. The van der Waals surface area contributed by atoms with Crippen molar-refractivity contribution in [2.24, 2.45) is 5.73 Å². The van der Waals surface area contributed by atoms with E-state index >= 15 is 0 Å². The van der Waals surface area contributed by atoms with E-state index in [1.54, 1.807) is 0 Å². The fourth-order valence-electron chi connectivity index (χ4n) is 3.02. The third-order valence-electron chi connectivity index (χ3n) is 3.99. The molecule has 0 amide bonds. The van der Waals surface area contributed by atoms with Crippen LogP contribution in [0.4, 0.5) is 5.69 Å². The van der Waals surface area contributed by atoms with Gasteiger partial charge in [0.1, 0.15) is 0 Å². The summed E-state index contributed by atoms with van der Waals surface area (Å²) in [5.74, 6) is 0. The van der Waals surface area contributed by atoms with Gasteiger partial charge in [0.15, 0.2) is 0 Å². The molecule has 100 valence electrons. The lowest BCUT2D eigenvalue weighted by molar-refractivity contribution is 0.414. The van der Waals surface area contributed by atoms with E-state index in [-0.39, 0.29) is 6.04 Å². The number of benzene rings is 1. The Bertz CT molecular complexity index is 562. The van der Waals surface area contributed by atoms with Crippen LogP contribution in [0.3, 0.4) is 0 Å². The summed E-state index contributed by atoms with van der Waals surface area (Å²) < 4.78 is 0. The molecule has 1 aliphatic heterocycles. The van der Waals surface area contributed by atoms with Gasteiger partial charge >= 0.3 is 0 Å². The van der Waals surface area contributed by atoms with Gasteiger partial charge in [0, 0.05) is 24.0 Å². The van der Waals surface area contributed by atoms with Crippen LogP contribution >= 0.6 is 0 Å². The van der Waals surface area contributed by atoms with Crippen molar-refractivity contribution in [3.63, 3.8) is 0 Å². The fourth-order valence-corrected chi connectivity index (χ4v) is 3.02. The number of nitrogens with zero attached hydrogens (tertiary/aromatic N) is 3. The van der Waals surface area contributed by atoms with Crippen LogP contribution in [0.2, 0.25) is 0 Å². The summed E-state index contributed by atoms with van der Waals surface area (Å²) in [5.41, 5.74) is 8.29. The first kappa shape index (κ1) is 12.4. The Balaban J connectivity index is 2.07. The minimum absolute atomic E-state index is 0.173. The molecule has 2 aromatic rings. The maximum atomic E-state index is 6.16. The Hall–Kier alpha value is -1.68. The van der Waals surface area contributed by atoms with Crippen molar-refractivity contribution < 1.29 is 0 Å². The van der Waals surface area contributed by atoms with Crippen LogP contribution < -0.4 is 10.6 Å². The van der Waals surface area contributed by atoms with Crippen LogP contribution in [0.1, 0.15) is 26.2 Å². The normalized spacial score (nSPS) is 21.6. The molecule has 0 aliphatic carbocycles. The quantitative estimate of drug-likeness (QED) is 0.896. The SMILES string of the molecule is CC(N)C1CCCCN1c1cnnc2ccccc12. The predicted octanol–water partition coefficient (Wildman–Crippen LogP) is 2.34. The molecular formula is C15H20N4. The molecule has 0 bridgehead atoms. The number of piperidine rings is 1. The van der Waals surface area contributed by atoms with E-state index in [9.17, 15) is 0 Å². The van der Waals surface area contributed by atoms with Crippen LogP contribution in [-0.4, -0.2) is 28.8 Å². The summed E-state index contributed by atoms with van der Waals surface area (Å²) in [4.78, 5) is 2.42. The van der Waals surface area contributed by atoms with Crippen LogP contribution in [0.25, 0.3) is 10.9 Å². The van der Waals surface area contributed by atoms with Gasteiger partial charge in [0.2, 0.25) is 0 Å². The van der Waals surface area contributed by atoms with E-state index < -0.39 is 0 Å². The van der Waals surface area contributed by atoms with Gasteiger partial charge in [-0.05, 0) is 32.3 Å². The van der Waals surface area contributed by atoms with E-state index in [2.05, 4.69) is 34.2 Å². The molecule has 4 heteroatoms. The molecule has 2 heterocycles. The van der Waals surface area contributed by atoms with Gasteiger partial charge in [-0.1, -0.05) is 18.2 Å². The highest BCUT2D eigenvalue weighted by Gasteiger charge is 2.26. The van der Waals surface area contributed by atoms with Gasteiger partial charge < -0.3 is 10.6 Å². The van der Waals surface area contributed by atoms with Crippen LogP contribution in [0, 0.1) is 0 Å². The fraction of sp³-hybridized carbons (Fsp3) is 0.467. The van der Waals surface area contributed by atoms with Crippen LogP contribution in [0.5, 0.6) is 0 Å². The molecule has 3 rings (SSSR count). The molecule has 4 nitrogen and oxygen atoms in total. The van der Waals surface area contributed by atoms with Crippen molar-refractivity contribution in [3.05, 3.63) is 30.5 Å². The van der Waals surface area contributed by atoms with Gasteiger partial charge in [-0.25, -0.2) is 0 Å². The molecule has 1 aromatic carbocycles. The Morgan fingerprint density at radius 1 is 1.32 bits per heavy atom. The molecule has 1 aromatic heterocycles. The number of anilines is 1. The Labute approximate surface area is 113 Å². The topological polar surface area (TPSA) is 55.0 Å². The van der Waals surface area contributed by atoms with Gasteiger partial charge in [-0.3, -0.25) is 0 Å². The lowest BCUT2D eigenvalue weighted by atomic mass is 9.96. The molecule has 1 fully saturated rings. The summed E-state index contributed by atoms with van der Waals surface area (Å²) in [7, 11) is 0. The summed E-state index contributed by atoms with van der Waals surface area (Å²) in [6.07, 6.45) is 5.52. The summed E-state index contributed by atoms with van der Waals surface area (Å²) in [6.45, 7) is 3.15. The van der Waals surface area contributed by atoms with Gasteiger partial charge in [0.25, 0.3) is 0 Å². The number of hydrogen-bond acceptors (Lipinski definition) is 4. The van der Waals surface area contributed by atoms with Crippen LogP contribution in [0.15, 0.2) is 30.5 Å². The van der Waals surface area contributed by atoms with Crippen molar-refractivity contribution in [2.45, 2.75) is 38.3 Å². The second kappa shape index (κ2) is 5.13. The van der Waals surface area contributed by atoms with Gasteiger partial charge in [-0.2, -0.15) is 10.2 Å². The highest BCUT2D eigenvalue weighted by molar-refractivity contribution is 5.90. The number of nitrogens with two attached hydrogens (primary N) is 1. The maximum Gasteiger partial charge on any atom is 0.0950 e. The average Bonchev–Trinajstić information content (AvgIpc) is 2.46. The maximum absolute atomic E-state index is 6.16. The molecule has 2 unspecified atom stereocenters. The lowest BCUT2D eigenvalue weighted by Gasteiger charge is -2.40. The van der Waals surface area contributed by atoms with Crippen molar-refractivity contribution in [1.29, 1.82) is 0 Å². The first-order valence-corrected chi connectivity index (χ1v) is 7.00. The second-order valence-electron chi connectivity index (χ2n) is 5.36. The highest BCUT2D eigenvalue weighted by Crippen LogP contribution is 2.30. The molecule has 1 aliphatic rings. The lowest BCUT2D eigenvalue weighted by Crippen LogP contribution is -2.49. The monoisotopic (exact) mass is 256 g/mol. The van der Waals surface area contributed by atoms with Crippen LogP contribution in [-0.2, 0) is 0 Å². The zero-order chi connectivity index (χ0) is 13.2. The molecular weight excluding hydrogens is 236 g/mol. The van der Waals surface area contributed by atoms with Crippen molar-refractivity contribution in [3.8, 4) is 0 Å². The molecule has 0 spiro atoms. The molecule has 0 saturated carbocycles. The number of hydrogen-bond donors (Lipinski definition) is 1. The van der Waals surface area contributed by atoms with Crippen molar-refractivity contribution >= 4 is 16.6 Å². The standard InChI is InChI=1S/C15H20N4/c1-11(16)14-8-4-5-9-19(14)15-10-17-18-13-7-3-2-6-12(13)15/h2-3,6-7,10-11,14H,4-5,8-9,16H2,1H3. The summed E-state index contributed by atoms with van der Waals surface area (Å²) >= 11 is 0. The second-order valence-corrected chi connectivity index (χ2v) is 5.36. The minimum atomic E-state index is 0.173.